The third-order valence-corrected chi connectivity index (χ3v) is 6.80. The molecule has 26 heavy (non-hydrogen) atoms. The Morgan fingerprint density at radius 1 is 1.46 bits per heavy atom. The number of alkyl halides is 1. The van der Waals surface area contributed by atoms with Crippen LogP contribution in [0.2, 0.25) is 0 Å². The van der Waals surface area contributed by atoms with E-state index < -0.39 is 11.3 Å². The molecule has 1 fully saturated rings. The van der Waals surface area contributed by atoms with Crippen LogP contribution in [-0.2, 0) is 0 Å². The molecule has 1 aromatic rings. The smallest absolute Gasteiger partial charge is 0.111 e. The van der Waals surface area contributed by atoms with Gasteiger partial charge in [0.15, 0.2) is 0 Å². The van der Waals surface area contributed by atoms with Crippen molar-refractivity contribution in [1.82, 2.24) is 9.55 Å². The minimum absolute atomic E-state index is 0.0517. The second-order valence-corrected chi connectivity index (χ2v) is 8.90. The van der Waals surface area contributed by atoms with Crippen LogP contribution in [0.15, 0.2) is 29.2 Å². The van der Waals surface area contributed by atoms with Gasteiger partial charge in [-0.1, -0.05) is 17.7 Å². The highest BCUT2D eigenvalue weighted by atomic mass is 35.5. The van der Waals surface area contributed by atoms with Crippen molar-refractivity contribution >= 4 is 17.2 Å². The molecule has 3 rings (SSSR count). The van der Waals surface area contributed by atoms with Gasteiger partial charge in [-0.2, -0.15) is 0 Å². The second-order valence-electron chi connectivity index (χ2n) is 8.49. The van der Waals surface area contributed by atoms with Gasteiger partial charge in [-0.3, -0.25) is 0 Å². The molecule has 1 N–H and O–H groups in total. The van der Waals surface area contributed by atoms with Crippen LogP contribution in [0.3, 0.4) is 0 Å². The molecule has 0 saturated heterocycles. The van der Waals surface area contributed by atoms with Gasteiger partial charge in [-0.25, -0.2) is 9.37 Å². The van der Waals surface area contributed by atoms with Crippen molar-refractivity contribution in [3.05, 3.63) is 34.9 Å². The highest BCUT2D eigenvalue weighted by Gasteiger charge is 2.41. The first-order valence-corrected chi connectivity index (χ1v) is 10.0. The summed E-state index contributed by atoms with van der Waals surface area (Å²) in [4.78, 5) is 4.26. The van der Waals surface area contributed by atoms with Crippen LogP contribution >= 0.6 is 11.6 Å². The Kier molecular flexibility index (Phi) is 5.38. The van der Waals surface area contributed by atoms with Gasteiger partial charge < -0.3 is 9.67 Å². The first-order valence-electron chi connectivity index (χ1n) is 9.63. The Morgan fingerprint density at radius 3 is 2.69 bits per heavy atom. The molecule has 2 aliphatic rings. The van der Waals surface area contributed by atoms with E-state index in [1.54, 1.807) is 0 Å². The Bertz CT molecular complexity index is 721. The summed E-state index contributed by atoms with van der Waals surface area (Å²) in [5, 5.41) is 10.9. The van der Waals surface area contributed by atoms with Crippen LogP contribution in [0, 0.1) is 5.92 Å². The lowest BCUT2D eigenvalue weighted by Crippen LogP contribution is -2.39. The fourth-order valence-electron chi connectivity index (χ4n) is 4.63. The molecule has 1 aliphatic carbocycles. The normalized spacial score (nSPS) is 30.0. The molecule has 0 amide bonds. The van der Waals surface area contributed by atoms with Gasteiger partial charge in [0.25, 0.3) is 0 Å². The average Bonchev–Trinajstić information content (AvgIpc) is 3.14. The number of nitrogens with zero attached hydrogens (tertiary/aromatic N) is 2. The van der Waals surface area contributed by atoms with E-state index in [4.69, 9.17) is 11.6 Å². The first kappa shape index (κ1) is 19.6. The zero-order chi connectivity index (χ0) is 19.1. The second kappa shape index (κ2) is 7.12. The van der Waals surface area contributed by atoms with E-state index in [2.05, 4.69) is 16.5 Å². The van der Waals surface area contributed by atoms with Gasteiger partial charge in [0, 0.05) is 5.03 Å². The summed E-state index contributed by atoms with van der Waals surface area (Å²) in [6.45, 7) is 7.66. The largest absolute Gasteiger partial charge is 0.390 e. The van der Waals surface area contributed by atoms with Crippen LogP contribution in [0.1, 0.15) is 78.0 Å². The van der Waals surface area contributed by atoms with Crippen molar-refractivity contribution in [3.8, 4) is 0 Å². The topological polar surface area (TPSA) is 38.0 Å². The van der Waals surface area contributed by atoms with E-state index in [-0.39, 0.29) is 12.0 Å². The summed E-state index contributed by atoms with van der Waals surface area (Å²) in [7, 11) is 0. The highest BCUT2D eigenvalue weighted by Crippen LogP contribution is 2.47. The lowest BCUT2D eigenvalue weighted by molar-refractivity contribution is -0.0313. The van der Waals surface area contributed by atoms with E-state index in [0.717, 1.165) is 34.7 Å². The molecule has 1 aromatic heterocycles. The Morgan fingerprint density at radius 2 is 2.12 bits per heavy atom. The molecule has 0 spiro atoms. The number of imidazole rings is 1. The Hall–Kier alpha value is -1.13. The van der Waals surface area contributed by atoms with Crippen molar-refractivity contribution in [1.29, 1.82) is 0 Å². The molecule has 5 heteroatoms. The summed E-state index contributed by atoms with van der Waals surface area (Å²) in [5.41, 5.74) is 1.44. The molecule has 0 radical (unpaired) electrons. The number of rotatable bonds is 5. The molecule has 1 atom stereocenters. The maximum absolute atomic E-state index is 15.4. The fourth-order valence-corrected chi connectivity index (χ4v) is 4.90. The van der Waals surface area contributed by atoms with Gasteiger partial charge in [0.2, 0.25) is 0 Å². The molecular weight excluding hydrogens is 351 g/mol. The SMILES string of the molecule is C/C=C(/Cl)C1=C(C)c2cncn2C1CCC1(F)CCC(C(C)(C)O)CC1. The van der Waals surface area contributed by atoms with E-state index in [0.29, 0.717) is 25.7 Å². The Labute approximate surface area is 161 Å². The van der Waals surface area contributed by atoms with Crippen molar-refractivity contribution < 1.29 is 9.50 Å². The van der Waals surface area contributed by atoms with Crippen LogP contribution < -0.4 is 0 Å². The summed E-state index contributed by atoms with van der Waals surface area (Å²) < 4.78 is 17.6. The summed E-state index contributed by atoms with van der Waals surface area (Å²) in [6, 6.07) is 0.0517. The third kappa shape index (κ3) is 3.63. The quantitative estimate of drug-likeness (QED) is 0.700. The lowest BCUT2D eigenvalue weighted by atomic mass is 9.72. The summed E-state index contributed by atoms with van der Waals surface area (Å²) in [6.07, 6.45) is 9.37. The molecule has 2 heterocycles. The molecule has 0 aromatic carbocycles. The molecule has 1 saturated carbocycles. The molecule has 1 aliphatic heterocycles. The average molecular weight is 381 g/mol. The van der Waals surface area contributed by atoms with Crippen molar-refractivity contribution in [2.24, 2.45) is 5.92 Å². The van der Waals surface area contributed by atoms with Gasteiger partial charge in [-0.05, 0) is 83.3 Å². The molecule has 3 nitrogen and oxygen atoms in total. The molecular formula is C21H30ClFN2O. The van der Waals surface area contributed by atoms with Crippen LogP contribution in [0.4, 0.5) is 4.39 Å². The van der Waals surface area contributed by atoms with Crippen LogP contribution in [-0.4, -0.2) is 25.9 Å². The highest BCUT2D eigenvalue weighted by molar-refractivity contribution is 6.32. The summed E-state index contributed by atoms with van der Waals surface area (Å²) >= 11 is 6.48. The zero-order valence-electron chi connectivity index (χ0n) is 16.2. The van der Waals surface area contributed by atoms with E-state index in [1.165, 1.54) is 0 Å². The zero-order valence-corrected chi connectivity index (χ0v) is 17.0. The van der Waals surface area contributed by atoms with Crippen molar-refractivity contribution in [2.45, 2.75) is 83.5 Å². The standard InChI is InChI=1S/C21H30ClFN2O/c1-5-16(22)19-14(2)18-12-24-13-25(18)17(19)8-11-21(23)9-6-15(7-10-21)20(3,4)26/h5,12-13,15,17,26H,6-11H2,1-4H3/b16-5+. The minimum atomic E-state index is -1.15. The molecule has 1 unspecified atom stereocenters. The van der Waals surface area contributed by atoms with Crippen LogP contribution in [0.25, 0.3) is 5.57 Å². The maximum atomic E-state index is 15.4. The number of aliphatic hydroxyl groups is 1. The summed E-state index contributed by atoms with van der Waals surface area (Å²) in [5.74, 6) is 0.188. The van der Waals surface area contributed by atoms with E-state index in [1.807, 2.05) is 39.4 Å². The fraction of sp³-hybridized carbons (Fsp3) is 0.667. The minimum Gasteiger partial charge on any atom is -0.390 e. The van der Waals surface area contributed by atoms with Gasteiger partial charge >= 0.3 is 0 Å². The van der Waals surface area contributed by atoms with E-state index >= 15 is 4.39 Å². The number of fused-ring (bicyclic) bond motifs is 1. The number of hydrogen-bond donors (Lipinski definition) is 1. The molecule has 144 valence electrons. The van der Waals surface area contributed by atoms with Crippen LogP contribution in [0.5, 0.6) is 0 Å². The third-order valence-electron chi connectivity index (χ3n) is 6.38. The predicted molar refractivity (Wildman–Crippen MR) is 105 cm³/mol. The lowest BCUT2D eigenvalue weighted by Gasteiger charge is -2.39. The maximum Gasteiger partial charge on any atom is 0.111 e. The Balaban J connectivity index is 1.71. The van der Waals surface area contributed by atoms with E-state index in [9.17, 15) is 5.11 Å². The monoisotopic (exact) mass is 380 g/mol. The predicted octanol–water partition coefficient (Wildman–Crippen LogP) is 5.80. The van der Waals surface area contributed by atoms with Gasteiger partial charge in [-0.15, -0.1) is 0 Å². The van der Waals surface area contributed by atoms with Crippen molar-refractivity contribution in [2.75, 3.05) is 0 Å². The van der Waals surface area contributed by atoms with Gasteiger partial charge in [0.1, 0.15) is 5.67 Å². The molecule has 0 bridgehead atoms. The first-order chi connectivity index (χ1) is 12.2. The van der Waals surface area contributed by atoms with Gasteiger partial charge in [0.05, 0.1) is 29.9 Å². The number of halogens is 2. The number of aromatic nitrogens is 2. The van der Waals surface area contributed by atoms with Crippen molar-refractivity contribution in [3.63, 3.8) is 0 Å². The number of allylic oxidation sites excluding steroid dienone is 4. The number of hydrogen-bond acceptors (Lipinski definition) is 2.